The number of halogens is 1. The van der Waals surface area contributed by atoms with Gasteiger partial charge in [-0.25, -0.2) is 0 Å². The lowest BCUT2D eigenvalue weighted by Gasteiger charge is -2.15. The lowest BCUT2D eigenvalue weighted by molar-refractivity contribution is -0.116. The Labute approximate surface area is 105 Å². The summed E-state index contributed by atoms with van der Waals surface area (Å²) in [5.74, 6) is 1.30. The predicted octanol–water partition coefficient (Wildman–Crippen LogP) is 2.58. The van der Waals surface area contributed by atoms with Gasteiger partial charge in [0.2, 0.25) is 5.75 Å². The Bertz CT molecular complexity index is 392. The van der Waals surface area contributed by atoms with Crippen molar-refractivity contribution in [3.8, 4) is 17.2 Å². The first-order valence-corrected chi connectivity index (χ1v) is 5.43. The van der Waals surface area contributed by atoms with Gasteiger partial charge in [0, 0.05) is 0 Å². The van der Waals surface area contributed by atoms with E-state index in [9.17, 15) is 4.79 Å². The molecule has 5 heteroatoms. The van der Waals surface area contributed by atoms with Crippen molar-refractivity contribution < 1.29 is 19.0 Å². The van der Waals surface area contributed by atoms with Crippen LogP contribution >= 0.6 is 11.6 Å². The minimum Gasteiger partial charge on any atom is -0.493 e. The zero-order valence-electron chi connectivity index (χ0n) is 10.2. The van der Waals surface area contributed by atoms with Crippen molar-refractivity contribution >= 4 is 17.4 Å². The van der Waals surface area contributed by atoms with E-state index in [0.29, 0.717) is 22.8 Å². The fourth-order valence-corrected chi connectivity index (χ4v) is 1.61. The van der Waals surface area contributed by atoms with E-state index in [1.54, 1.807) is 12.1 Å². The van der Waals surface area contributed by atoms with Gasteiger partial charge in [0.1, 0.15) is 5.38 Å². The van der Waals surface area contributed by atoms with Crippen molar-refractivity contribution in [2.75, 3.05) is 21.3 Å². The van der Waals surface area contributed by atoms with Crippen LogP contribution in [0.2, 0.25) is 0 Å². The van der Waals surface area contributed by atoms with Crippen LogP contribution in [0.25, 0.3) is 0 Å². The third-order valence-corrected chi connectivity index (χ3v) is 2.90. The molecule has 0 radical (unpaired) electrons. The van der Waals surface area contributed by atoms with E-state index in [1.807, 2.05) is 0 Å². The van der Waals surface area contributed by atoms with E-state index >= 15 is 0 Å². The van der Waals surface area contributed by atoms with E-state index < -0.39 is 5.38 Å². The van der Waals surface area contributed by atoms with Crippen LogP contribution in [0.15, 0.2) is 12.1 Å². The van der Waals surface area contributed by atoms with Crippen molar-refractivity contribution in [1.29, 1.82) is 0 Å². The van der Waals surface area contributed by atoms with Crippen LogP contribution in [-0.2, 0) is 4.79 Å². The molecule has 4 nitrogen and oxygen atoms in total. The van der Waals surface area contributed by atoms with Gasteiger partial charge in [-0.1, -0.05) is 0 Å². The number of Topliss-reactive ketones (excluding diaryl/α,β-unsaturated/α-hetero) is 1. The first-order chi connectivity index (χ1) is 8.04. The van der Waals surface area contributed by atoms with Gasteiger partial charge >= 0.3 is 0 Å². The van der Waals surface area contributed by atoms with Crippen LogP contribution in [0.1, 0.15) is 17.9 Å². The second-order valence-corrected chi connectivity index (χ2v) is 3.87. The summed E-state index contributed by atoms with van der Waals surface area (Å²) in [6.45, 7) is 1.43. The molecule has 0 aliphatic heterocycles. The van der Waals surface area contributed by atoms with Crippen molar-refractivity contribution in [3.05, 3.63) is 17.7 Å². The van der Waals surface area contributed by atoms with E-state index in [4.69, 9.17) is 25.8 Å². The molecule has 0 amide bonds. The maximum atomic E-state index is 11.3. The topological polar surface area (TPSA) is 44.8 Å². The molecule has 94 valence electrons. The fraction of sp³-hybridized carbons (Fsp3) is 0.417. The number of hydrogen-bond donors (Lipinski definition) is 0. The summed E-state index contributed by atoms with van der Waals surface area (Å²) in [4.78, 5) is 11.3. The fourth-order valence-electron chi connectivity index (χ4n) is 1.48. The van der Waals surface area contributed by atoms with E-state index in [-0.39, 0.29) is 5.78 Å². The number of carbonyl (C=O) groups excluding carboxylic acids is 1. The summed E-state index contributed by atoms with van der Waals surface area (Å²) in [7, 11) is 4.54. The molecule has 0 aliphatic carbocycles. The first-order valence-electron chi connectivity index (χ1n) is 4.99. The molecule has 1 aromatic carbocycles. The molecule has 0 saturated carbocycles. The average molecular weight is 259 g/mol. The smallest absolute Gasteiger partial charge is 0.203 e. The Hall–Kier alpha value is -1.42. The highest BCUT2D eigenvalue weighted by Gasteiger charge is 2.19. The summed E-state index contributed by atoms with van der Waals surface area (Å²) < 4.78 is 15.5. The number of carbonyl (C=O) groups is 1. The molecule has 0 saturated heterocycles. The molecule has 0 heterocycles. The molecule has 1 atom stereocenters. The maximum absolute atomic E-state index is 11.3. The van der Waals surface area contributed by atoms with Gasteiger partial charge < -0.3 is 14.2 Å². The molecule has 1 aromatic rings. The molecule has 0 N–H and O–H groups in total. The van der Waals surface area contributed by atoms with Crippen LogP contribution in [0.4, 0.5) is 0 Å². The van der Waals surface area contributed by atoms with Crippen molar-refractivity contribution in [3.63, 3.8) is 0 Å². The van der Waals surface area contributed by atoms with E-state index in [2.05, 4.69) is 0 Å². The average Bonchev–Trinajstić information content (AvgIpc) is 2.35. The number of hydrogen-bond acceptors (Lipinski definition) is 4. The van der Waals surface area contributed by atoms with Gasteiger partial charge in [-0.05, 0) is 24.6 Å². The van der Waals surface area contributed by atoms with Crippen LogP contribution in [0.3, 0.4) is 0 Å². The third-order valence-electron chi connectivity index (χ3n) is 2.34. The van der Waals surface area contributed by atoms with Crippen molar-refractivity contribution in [2.45, 2.75) is 12.3 Å². The Morgan fingerprint density at radius 2 is 1.59 bits per heavy atom. The molecule has 1 rings (SSSR count). The molecular weight excluding hydrogens is 244 g/mol. The number of rotatable bonds is 5. The van der Waals surface area contributed by atoms with Gasteiger partial charge in [-0.3, -0.25) is 4.79 Å². The first kappa shape index (κ1) is 13.6. The number of methoxy groups -OCH3 is 3. The number of benzene rings is 1. The second-order valence-electron chi connectivity index (χ2n) is 3.43. The molecule has 0 aromatic heterocycles. The third kappa shape index (κ3) is 2.82. The normalized spacial score (nSPS) is 11.8. The standard InChI is InChI=1S/C12H15ClO4/c1-7(14)11(13)8-5-9(15-2)12(17-4)10(6-8)16-3/h5-6,11H,1-4H3. The summed E-state index contributed by atoms with van der Waals surface area (Å²) in [6, 6.07) is 3.33. The summed E-state index contributed by atoms with van der Waals surface area (Å²) in [5.41, 5.74) is 0.619. The predicted molar refractivity (Wildman–Crippen MR) is 65.4 cm³/mol. The number of alkyl halides is 1. The molecule has 1 unspecified atom stereocenters. The highest BCUT2D eigenvalue weighted by molar-refractivity contribution is 6.30. The maximum Gasteiger partial charge on any atom is 0.203 e. The van der Waals surface area contributed by atoms with Crippen molar-refractivity contribution in [1.82, 2.24) is 0 Å². The Kier molecular flexibility index (Phi) is 4.63. The lowest BCUT2D eigenvalue weighted by atomic mass is 10.1. The minimum atomic E-state index is -0.719. The minimum absolute atomic E-state index is 0.138. The monoisotopic (exact) mass is 258 g/mol. The Balaban J connectivity index is 3.31. The summed E-state index contributed by atoms with van der Waals surface area (Å²) in [5, 5.41) is -0.719. The lowest BCUT2D eigenvalue weighted by Crippen LogP contribution is -2.03. The van der Waals surface area contributed by atoms with E-state index in [0.717, 1.165) is 0 Å². The summed E-state index contributed by atoms with van der Waals surface area (Å²) in [6.07, 6.45) is 0. The molecule has 0 fully saturated rings. The second kappa shape index (κ2) is 5.77. The quantitative estimate of drug-likeness (QED) is 0.762. The molecule has 0 spiro atoms. The highest BCUT2D eigenvalue weighted by Crippen LogP contribution is 2.40. The van der Waals surface area contributed by atoms with Crippen LogP contribution < -0.4 is 14.2 Å². The Morgan fingerprint density at radius 1 is 1.12 bits per heavy atom. The summed E-state index contributed by atoms with van der Waals surface area (Å²) >= 11 is 5.99. The molecule has 17 heavy (non-hydrogen) atoms. The SMILES string of the molecule is COc1cc(C(Cl)C(C)=O)cc(OC)c1OC. The van der Waals surface area contributed by atoms with Crippen molar-refractivity contribution in [2.24, 2.45) is 0 Å². The molecular formula is C12H15ClO4. The number of ether oxygens (including phenoxy) is 3. The van der Waals surface area contributed by atoms with Gasteiger partial charge in [-0.2, -0.15) is 0 Å². The van der Waals surface area contributed by atoms with Crippen LogP contribution in [0, 0.1) is 0 Å². The van der Waals surface area contributed by atoms with Gasteiger partial charge in [0.15, 0.2) is 17.3 Å². The number of ketones is 1. The zero-order chi connectivity index (χ0) is 13.0. The van der Waals surface area contributed by atoms with Crippen LogP contribution in [-0.4, -0.2) is 27.1 Å². The van der Waals surface area contributed by atoms with E-state index in [1.165, 1.54) is 28.3 Å². The largest absolute Gasteiger partial charge is 0.493 e. The molecule has 0 aliphatic rings. The molecule has 0 bridgehead atoms. The van der Waals surface area contributed by atoms with Gasteiger partial charge in [0.05, 0.1) is 21.3 Å². The highest BCUT2D eigenvalue weighted by atomic mass is 35.5. The zero-order valence-corrected chi connectivity index (χ0v) is 11.0. The Morgan fingerprint density at radius 3 is 1.88 bits per heavy atom. The van der Waals surface area contributed by atoms with Gasteiger partial charge in [-0.15, -0.1) is 11.6 Å². The van der Waals surface area contributed by atoms with Gasteiger partial charge in [0.25, 0.3) is 0 Å². The van der Waals surface area contributed by atoms with Crippen LogP contribution in [0.5, 0.6) is 17.2 Å².